The summed E-state index contributed by atoms with van der Waals surface area (Å²) in [5, 5.41) is 10.7. The molecule has 0 aliphatic carbocycles. The summed E-state index contributed by atoms with van der Waals surface area (Å²) in [6.45, 7) is 0.572. The van der Waals surface area contributed by atoms with Crippen molar-refractivity contribution in [3.05, 3.63) is 64.2 Å². The van der Waals surface area contributed by atoms with Crippen LogP contribution in [0.4, 0.5) is 0 Å². The summed E-state index contributed by atoms with van der Waals surface area (Å²) < 4.78 is 8.78. The van der Waals surface area contributed by atoms with E-state index >= 15 is 0 Å². The second kappa shape index (κ2) is 6.01. The lowest BCUT2D eigenvalue weighted by molar-refractivity contribution is 0.484. The smallest absolute Gasteiger partial charge is 0.258 e. The van der Waals surface area contributed by atoms with Crippen molar-refractivity contribution in [1.29, 1.82) is 0 Å². The van der Waals surface area contributed by atoms with Crippen molar-refractivity contribution in [2.75, 3.05) is 0 Å². The Hall–Kier alpha value is -2.39. The molecule has 0 aliphatic heterocycles. The summed E-state index contributed by atoms with van der Waals surface area (Å²) in [6, 6.07) is 5.31. The van der Waals surface area contributed by atoms with Crippen LogP contribution in [0.1, 0.15) is 11.5 Å². The molecule has 0 atom stereocenters. The molecule has 0 N–H and O–H groups in total. The van der Waals surface area contributed by atoms with E-state index in [1.54, 1.807) is 24.9 Å². The zero-order valence-corrected chi connectivity index (χ0v) is 13.5. The fourth-order valence-corrected chi connectivity index (χ4v) is 3.68. The minimum atomic E-state index is -0.0658. The van der Waals surface area contributed by atoms with E-state index in [1.165, 1.54) is 27.5 Å². The normalized spacial score (nSPS) is 11.3. The molecule has 0 unspecified atom stereocenters. The fourth-order valence-electron chi connectivity index (χ4n) is 2.14. The summed E-state index contributed by atoms with van der Waals surface area (Å²) in [5.74, 6) is 1.39. The monoisotopic (exact) mass is 345 g/mol. The average Bonchev–Trinajstić information content (AvgIpc) is 3.27. The van der Waals surface area contributed by atoms with Crippen LogP contribution < -0.4 is 5.56 Å². The Balaban J connectivity index is 1.52. The summed E-state index contributed by atoms with van der Waals surface area (Å²) in [7, 11) is 0. The van der Waals surface area contributed by atoms with Crippen LogP contribution in [0.5, 0.6) is 0 Å². The van der Waals surface area contributed by atoms with Gasteiger partial charge >= 0.3 is 0 Å². The van der Waals surface area contributed by atoms with Crippen molar-refractivity contribution in [2.45, 2.75) is 17.5 Å². The minimum absolute atomic E-state index is 0.0658. The number of hydrogen-bond acceptors (Lipinski definition) is 7. The van der Waals surface area contributed by atoms with Gasteiger partial charge in [-0.3, -0.25) is 9.20 Å². The van der Waals surface area contributed by atoms with Gasteiger partial charge in [-0.2, -0.15) is 0 Å². The molecule has 23 heavy (non-hydrogen) atoms. The average molecular weight is 345 g/mol. The third kappa shape index (κ3) is 2.92. The predicted molar refractivity (Wildman–Crippen MR) is 86.7 cm³/mol. The van der Waals surface area contributed by atoms with Crippen molar-refractivity contribution in [3.8, 4) is 0 Å². The Labute approximate surface area is 138 Å². The molecular weight excluding hydrogens is 334 g/mol. The summed E-state index contributed by atoms with van der Waals surface area (Å²) in [5.41, 5.74) is 0.666. The molecule has 4 aromatic rings. The van der Waals surface area contributed by atoms with E-state index in [4.69, 9.17) is 4.42 Å². The first kappa shape index (κ1) is 14.2. The van der Waals surface area contributed by atoms with Gasteiger partial charge in [0.1, 0.15) is 12.1 Å². The number of furan rings is 1. The van der Waals surface area contributed by atoms with Gasteiger partial charge in [0, 0.05) is 23.4 Å². The maximum absolute atomic E-state index is 12.0. The molecule has 0 aromatic carbocycles. The summed E-state index contributed by atoms with van der Waals surface area (Å²) in [6.07, 6.45) is 5.03. The summed E-state index contributed by atoms with van der Waals surface area (Å²) >= 11 is 2.93. The van der Waals surface area contributed by atoms with Crippen LogP contribution in [-0.4, -0.2) is 24.1 Å². The molecule has 0 saturated heterocycles. The number of thioether (sulfide) groups is 1. The van der Waals surface area contributed by atoms with Crippen molar-refractivity contribution in [1.82, 2.24) is 24.1 Å². The topological polar surface area (TPSA) is 78.2 Å². The highest BCUT2D eigenvalue weighted by atomic mass is 32.2. The Morgan fingerprint density at radius 3 is 3.22 bits per heavy atom. The predicted octanol–water partition coefficient (Wildman–Crippen LogP) is 2.28. The van der Waals surface area contributed by atoms with Gasteiger partial charge in [-0.25, -0.2) is 4.98 Å². The number of fused-ring (bicyclic) bond motifs is 1. The zero-order chi connectivity index (χ0) is 15.6. The molecule has 9 heteroatoms. The fraction of sp³-hybridized carbons (Fsp3) is 0.143. The molecule has 0 amide bonds. The van der Waals surface area contributed by atoms with E-state index in [0.29, 0.717) is 17.3 Å². The summed E-state index contributed by atoms with van der Waals surface area (Å²) in [4.78, 5) is 17.2. The van der Waals surface area contributed by atoms with E-state index in [0.717, 1.165) is 16.6 Å². The molecule has 0 spiro atoms. The van der Waals surface area contributed by atoms with Crippen LogP contribution in [0.2, 0.25) is 0 Å². The van der Waals surface area contributed by atoms with Gasteiger partial charge < -0.3 is 8.98 Å². The lowest BCUT2D eigenvalue weighted by Gasteiger charge is -2.04. The van der Waals surface area contributed by atoms with Crippen molar-refractivity contribution < 1.29 is 4.42 Å². The van der Waals surface area contributed by atoms with E-state index < -0.39 is 0 Å². The van der Waals surface area contributed by atoms with Crippen LogP contribution in [0.25, 0.3) is 4.96 Å². The first-order valence-electron chi connectivity index (χ1n) is 6.78. The van der Waals surface area contributed by atoms with E-state index in [2.05, 4.69) is 15.2 Å². The second-order valence-electron chi connectivity index (χ2n) is 4.75. The second-order valence-corrected chi connectivity index (χ2v) is 6.57. The Morgan fingerprint density at radius 2 is 2.35 bits per heavy atom. The van der Waals surface area contributed by atoms with E-state index in [1.807, 2.05) is 22.1 Å². The molecule has 0 bridgehead atoms. The molecule has 4 heterocycles. The van der Waals surface area contributed by atoms with Crippen LogP contribution in [0.15, 0.2) is 56.7 Å². The number of rotatable bonds is 5. The molecule has 0 fully saturated rings. The number of thiazole rings is 1. The molecule has 4 rings (SSSR count). The van der Waals surface area contributed by atoms with Gasteiger partial charge in [-0.1, -0.05) is 11.8 Å². The Kier molecular flexibility index (Phi) is 3.72. The van der Waals surface area contributed by atoms with Gasteiger partial charge in [0.2, 0.25) is 0 Å². The van der Waals surface area contributed by atoms with Crippen LogP contribution in [-0.2, 0) is 12.3 Å². The van der Waals surface area contributed by atoms with E-state index in [9.17, 15) is 4.79 Å². The van der Waals surface area contributed by atoms with Crippen LogP contribution in [0.3, 0.4) is 0 Å². The van der Waals surface area contributed by atoms with Crippen LogP contribution >= 0.6 is 23.1 Å². The first-order valence-corrected chi connectivity index (χ1v) is 8.65. The lowest BCUT2D eigenvalue weighted by atomic mass is 10.4. The van der Waals surface area contributed by atoms with Crippen molar-refractivity contribution in [2.24, 2.45) is 0 Å². The maximum Gasteiger partial charge on any atom is 0.258 e. The molecule has 0 saturated carbocycles. The highest BCUT2D eigenvalue weighted by molar-refractivity contribution is 7.98. The van der Waals surface area contributed by atoms with Crippen molar-refractivity contribution >= 4 is 28.1 Å². The zero-order valence-electron chi connectivity index (χ0n) is 11.8. The first-order chi connectivity index (χ1) is 11.3. The largest absolute Gasteiger partial charge is 0.467 e. The Bertz CT molecular complexity index is 986. The molecule has 0 radical (unpaired) electrons. The molecule has 4 aromatic heterocycles. The third-order valence-corrected chi connectivity index (χ3v) is 4.96. The van der Waals surface area contributed by atoms with Gasteiger partial charge in [-0.05, 0) is 12.1 Å². The molecule has 116 valence electrons. The molecular formula is C14H11N5O2S2. The van der Waals surface area contributed by atoms with Gasteiger partial charge in [0.15, 0.2) is 10.1 Å². The molecule has 7 nitrogen and oxygen atoms in total. The quantitative estimate of drug-likeness (QED) is 0.516. The SMILES string of the molecule is O=c1cc(CSc2nncn2Cc2ccco2)nc2sccn12. The maximum atomic E-state index is 12.0. The Morgan fingerprint density at radius 1 is 1.39 bits per heavy atom. The van der Waals surface area contributed by atoms with Crippen LogP contribution in [0, 0.1) is 0 Å². The third-order valence-electron chi connectivity index (χ3n) is 3.19. The van der Waals surface area contributed by atoms with Gasteiger partial charge in [0.25, 0.3) is 5.56 Å². The minimum Gasteiger partial charge on any atom is -0.467 e. The standard InChI is InChI=1S/C14H11N5O2S2/c20-12-6-10(16-13-19(12)3-5-22-13)8-23-14-17-15-9-18(14)7-11-2-1-4-21-11/h1-6,9H,7-8H2. The number of aromatic nitrogens is 5. The number of nitrogens with zero attached hydrogens (tertiary/aromatic N) is 5. The number of hydrogen-bond donors (Lipinski definition) is 0. The van der Waals surface area contributed by atoms with Crippen molar-refractivity contribution in [3.63, 3.8) is 0 Å². The van der Waals surface area contributed by atoms with Gasteiger partial charge in [-0.15, -0.1) is 21.5 Å². The van der Waals surface area contributed by atoms with Gasteiger partial charge in [0.05, 0.1) is 18.5 Å². The van der Waals surface area contributed by atoms with E-state index in [-0.39, 0.29) is 5.56 Å². The lowest BCUT2D eigenvalue weighted by Crippen LogP contribution is -2.12. The molecule has 0 aliphatic rings. The highest BCUT2D eigenvalue weighted by Gasteiger charge is 2.09. The highest BCUT2D eigenvalue weighted by Crippen LogP contribution is 2.21.